The molecule has 2 rings (SSSR count). The molecule has 0 aromatic carbocycles. The van der Waals surface area contributed by atoms with Gasteiger partial charge in [-0.15, -0.1) is 0 Å². The zero-order valence-electron chi connectivity index (χ0n) is 27.3. The Morgan fingerprint density at radius 1 is 0.468 bits per heavy atom. The summed E-state index contributed by atoms with van der Waals surface area (Å²) in [5.41, 5.74) is -1.98. The highest BCUT2D eigenvalue weighted by molar-refractivity contribution is 5.70. The lowest BCUT2D eigenvalue weighted by molar-refractivity contribution is -0.264. The van der Waals surface area contributed by atoms with E-state index >= 15 is 0 Å². The summed E-state index contributed by atoms with van der Waals surface area (Å²) in [6, 6.07) is 0. The van der Waals surface area contributed by atoms with Gasteiger partial charge in [0.25, 0.3) is 0 Å². The van der Waals surface area contributed by atoms with E-state index in [4.69, 9.17) is 47.4 Å². The van der Waals surface area contributed by atoms with E-state index in [1.165, 1.54) is 0 Å². The van der Waals surface area contributed by atoms with Gasteiger partial charge < -0.3 is 47.4 Å². The SMILES string of the molecule is CC(=O)OC[C@H]1O[C@](COC(C)=O)(C[C@H]2O[C@H](COC(C)=O)[C@@H](OC(C)=O)[C@H](OC(C)=O)[C@H]2OC(C)=O)[C@@H](OC(C)=O)[C@@H]1OC(C)=O. The molecule has 2 aliphatic heterocycles. The van der Waals surface area contributed by atoms with Crippen LogP contribution in [0, 0.1) is 0 Å². The molecule has 2 saturated heterocycles. The second-order valence-electron chi connectivity index (χ2n) is 10.8. The highest BCUT2D eigenvalue weighted by Crippen LogP contribution is 2.43. The highest BCUT2D eigenvalue weighted by Gasteiger charge is 2.63. The van der Waals surface area contributed by atoms with Gasteiger partial charge in [-0.2, -0.15) is 0 Å². The fourth-order valence-corrected chi connectivity index (χ4v) is 5.33. The van der Waals surface area contributed by atoms with Crippen LogP contribution in [0.25, 0.3) is 0 Å². The summed E-state index contributed by atoms with van der Waals surface area (Å²) in [6.45, 7) is 6.84. The fraction of sp³-hybridized carbons (Fsp3) is 0.724. The Morgan fingerprint density at radius 3 is 1.32 bits per heavy atom. The van der Waals surface area contributed by atoms with E-state index in [0.29, 0.717) is 0 Å². The van der Waals surface area contributed by atoms with Crippen LogP contribution in [0.2, 0.25) is 0 Å². The van der Waals surface area contributed by atoms with Gasteiger partial charge >= 0.3 is 47.8 Å². The second kappa shape index (κ2) is 17.0. The van der Waals surface area contributed by atoms with E-state index in [1.54, 1.807) is 0 Å². The van der Waals surface area contributed by atoms with E-state index in [9.17, 15) is 38.4 Å². The molecule has 47 heavy (non-hydrogen) atoms. The molecule has 0 spiro atoms. The van der Waals surface area contributed by atoms with Gasteiger partial charge in [-0.05, 0) is 0 Å². The fourth-order valence-electron chi connectivity index (χ4n) is 5.33. The van der Waals surface area contributed by atoms with Crippen molar-refractivity contribution in [2.24, 2.45) is 0 Å². The Bertz CT molecular complexity index is 1210. The van der Waals surface area contributed by atoms with Crippen LogP contribution in [-0.2, 0) is 85.7 Å². The van der Waals surface area contributed by atoms with Gasteiger partial charge in [-0.25, -0.2) is 0 Å². The number of esters is 8. The summed E-state index contributed by atoms with van der Waals surface area (Å²) in [4.78, 5) is 96.8. The number of ether oxygens (including phenoxy) is 10. The van der Waals surface area contributed by atoms with Gasteiger partial charge in [-0.3, -0.25) is 38.4 Å². The topological polar surface area (TPSA) is 229 Å². The van der Waals surface area contributed by atoms with Crippen molar-refractivity contribution in [2.45, 2.75) is 116 Å². The quantitative estimate of drug-likeness (QED) is 0.179. The third kappa shape index (κ3) is 11.5. The Balaban J connectivity index is 2.78. The third-order valence-electron chi connectivity index (χ3n) is 6.77. The summed E-state index contributed by atoms with van der Waals surface area (Å²) in [6.07, 6.45) is -12.2. The minimum absolute atomic E-state index is 0.508. The van der Waals surface area contributed by atoms with Crippen molar-refractivity contribution in [1.82, 2.24) is 0 Å². The zero-order valence-corrected chi connectivity index (χ0v) is 27.3. The normalized spacial score (nSPS) is 29.8. The molecule has 2 aliphatic rings. The summed E-state index contributed by atoms with van der Waals surface area (Å²) in [7, 11) is 0. The lowest BCUT2D eigenvalue weighted by atomic mass is 9.83. The molecule has 2 heterocycles. The first-order chi connectivity index (χ1) is 21.8. The van der Waals surface area contributed by atoms with Gasteiger partial charge in [0.15, 0.2) is 30.5 Å². The predicted octanol–water partition coefficient (Wildman–Crippen LogP) is -0.371. The summed E-state index contributed by atoms with van der Waals surface area (Å²) in [5, 5.41) is 0. The molecule has 18 heteroatoms. The van der Waals surface area contributed by atoms with Crippen molar-refractivity contribution in [3.63, 3.8) is 0 Å². The molecular formula is C29H40O18. The highest BCUT2D eigenvalue weighted by atomic mass is 16.7. The molecule has 0 bridgehead atoms. The van der Waals surface area contributed by atoms with Crippen LogP contribution < -0.4 is 0 Å². The van der Waals surface area contributed by atoms with E-state index in [0.717, 1.165) is 55.4 Å². The maximum atomic E-state index is 12.4. The molecule has 9 atom stereocenters. The number of hydrogen-bond donors (Lipinski definition) is 0. The first-order valence-electron chi connectivity index (χ1n) is 14.4. The summed E-state index contributed by atoms with van der Waals surface area (Å²) >= 11 is 0. The van der Waals surface area contributed by atoms with Gasteiger partial charge in [-0.1, -0.05) is 0 Å². The average molecular weight is 677 g/mol. The zero-order chi connectivity index (χ0) is 35.6. The standard InChI is InChI=1S/C29H40O18/c1-13(30)38-10-22-25(42-17(5)34)27(44-19(7)36)24(41-16(4)33)21(46-22)9-29(12-40-15(3)32)28(45-20(8)37)26(43-18(6)35)23(47-29)11-39-14(2)31/h21-28H,9-12H2,1-8H3/t21-,22-,23-,24+,25-,26-,27-,28+,29+/m1/s1. The molecule has 0 aliphatic carbocycles. The summed E-state index contributed by atoms with van der Waals surface area (Å²) < 4.78 is 55.4. The van der Waals surface area contributed by atoms with Crippen molar-refractivity contribution >= 4 is 47.8 Å². The van der Waals surface area contributed by atoms with E-state index in [1.807, 2.05) is 0 Å². The summed E-state index contributed by atoms with van der Waals surface area (Å²) in [5.74, 6) is -6.59. The Morgan fingerprint density at radius 2 is 0.872 bits per heavy atom. The molecule has 18 nitrogen and oxygen atoms in total. The van der Waals surface area contributed by atoms with Crippen LogP contribution in [0.5, 0.6) is 0 Å². The van der Waals surface area contributed by atoms with Crippen LogP contribution in [0.3, 0.4) is 0 Å². The van der Waals surface area contributed by atoms with Crippen LogP contribution in [0.1, 0.15) is 61.8 Å². The van der Waals surface area contributed by atoms with Gasteiger partial charge in [0.1, 0.15) is 43.7 Å². The first kappa shape index (κ1) is 38.9. The third-order valence-corrected chi connectivity index (χ3v) is 6.77. The maximum absolute atomic E-state index is 12.4. The van der Waals surface area contributed by atoms with Crippen LogP contribution in [-0.4, -0.2) is 122 Å². The molecular weight excluding hydrogens is 636 g/mol. The Labute approximate surface area is 269 Å². The number of carbonyl (C=O) groups excluding carboxylic acids is 8. The molecule has 0 aromatic heterocycles. The minimum Gasteiger partial charge on any atom is -0.463 e. The molecule has 264 valence electrons. The molecule has 0 N–H and O–H groups in total. The van der Waals surface area contributed by atoms with E-state index < -0.39 is 128 Å². The predicted molar refractivity (Wildman–Crippen MR) is 149 cm³/mol. The first-order valence-corrected chi connectivity index (χ1v) is 14.4. The van der Waals surface area contributed by atoms with E-state index in [-0.39, 0.29) is 0 Å². The Hall–Kier alpha value is -4.32. The van der Waals surface area contributed by atoms with Crippen molar-refractivity contribution in [3.05, 3.63) is 0 Å². The average Bonchev–Trinajstić information content (AvgIpc) is 3.18. The lowest BCUT2D eigenvalue weighted by Crippen LogP contribution is -2.64. The van der Waals surface area contributed by atoms with Crippen molar-refractivity contribution < 1.29 is 85.7 Å². The van der Waals surface area contributed by atoms with Crippen LogP contribution in [0.15, 0.2) is 0 Å². The molecule has 0 radical (unpaired) electrons. The van der Waals surface area contributed by atoms with Gasteiger partial charge in [0, 0.05) is 61.8 Å². The van der Waals surface area contributed by atoms with E-state index in [2.05, 4.69) is 0 Å². The van der Waals surface area contributed by atoms with Gasteiger partial charge in [0.2, 0.25) is 0 Å². The Kier molecular flexibility index (Phi) is 14.1. The number of carbonyl (C=O) groups is 8. The van der Waals surface area contributed by atoms with Crippen molar-refractivity contribution in [2.75, 3.05) is 19.8 Å². The van der Waals surface area contributed by atoms with Gasteiger partial charge in [0.05, 0.1) is 0 Å². The second-order valence-corrected chi connectivity index (χ2v) is 10.8. The lowest BCUT2D eigenvalue weighted by Gasteiger charge is -2.47. The molecule has 0 unspecified atom stereocenters. The molecule has 0 amide bonds. The smallest absolute Gasteiger partial charge is 0.303 e. The molecule has 0 aromatic rings. The minimum atomic E-state index is -1.98. The van der Waals surface area contributed by atoms with Crippen LogP contribution in [0.4, 0.5) is 0 Å². The molecule has 2 fully saturated rings. The monoisotopic (exact) mass is 676 g/mol. The van der Waals surface area contributed by atoms with Crippen molar-refractivity contribution in [3.8, 4) is 0 Å². The maximum Gasteiger partial charge on any atom is 0.303 e. The largest absolute Gasteiger partial charge is 0.463 e. The molecule has 0 saturated carbocycles. The van der Waals surface area contributed by atoms with Crippen LogP contribution >= 0.6 is 0 Å². The number of hydrogen-bond acceptors (Lipinski definition) is 18. The number of rotatable bonds is 13. The van der Waals surface area contributed by atoms with Crippen molar-refractivity contribution in [1.29, 1.82) is 0 Å².